The lowest BCUT2D eigenvalue weighted by molar-refractivity contribution is 0.602. The van der Waals surface area contributed by atoms with Crippen LogP contribution >= 0.6 is 0 Å². The Morgan fingerprint density at radius 2 is 2.25 bits per heavy atom. The molecule has 3 rings (SSSR count). The number of nitrogens with one attached hydrogen (secondary N) is 1. The van der Waals surface area contributed by atoms with Crippen LogP contribution in [0, 0.1) is 6.92 Å². The molecule has 7 nitrogen and oxygen atoms in total. The zero-order chi connectivity index (χ0) is 14.3. The Labute approximate surface area is 117 Å². The van der Waals surface area contributed by atoms with E-state index in [0.717, 1.165) is 23.3 Å². The number of anilines is 1. The van der Waals surface area contributed by atoms with Crippen LogP contribution in [0.5, 0.6) is 0 Å². The first-order valence-electron chi connectivity index (χ1n) is 6.65. The van der Waals surface area contributed by atoms with E-state index in [0.29, 0.717) is 12.2 Å². The average Bonchev–Trinajstić information content (AvgIpc) is 2.91. The summed E-state index contributed by atoms with van der Waals surface area (Å²) in [4.78, 5) is 8.52. The minimum atomic E-state index is -2.91. The van der Waals surface area contributed by atoms with Gasteiger partial charge in [0.05, 0.1) is 17.2 Å². The molecule has 0 aliphatic carbocycles. The monoisotopic (exact) mass is 295 g/mol. The summed E-state index contributed by atoms with van der Waals surface area (Å²) >= 11 is 0. The highest BCUT2D eigenvalue weighted by Gasteiger charge is 2.28. The molecule has 2 aromatic rings. The third-order valence-electron chi connectivity index (χ3n) is 3.57. The fourth-order valence-corrected chi connectivity index (χ4v) is 4.28. The molecule has 3 heterocycles. The number of rotatable bonds is 3. The van der Waals surface area contributed by atoms with Crippen LogP contribution in [-0.4, -0.2) is 45.7 Å². The van der Waals surface area contributed by atoms with Crippen molar-refractivity contribution in [2.24, 2.45) is 0 Å². The molecule has 0 amide bonds. The van der Waals surface area contributed by atoms with Gasteiger partial charge in [-0.1, -0.05) is 0 Å². The molecule has 0 spiro atoms. The molecule has 0 saturated carbocycles. The highest BCUT2D eigenvalue weighted by molar-refractivity contribution is 7.91. The summed E-state index contributed by atoms with van der Waals surface area (Å²) in [6.45, 7) is 4.63. The SMILES string of the molecule is CCn1nc(C)c2ncnc(N[C@@H]3CCS(=O)(=O)C3)c21. The molecule has 0 aromatic carbocycles. The lowest BCUT2D eigenvalue weighted by Gasteiger charge is -2.12. The van der Waals surface area contributed by atoms with E-state index in [2.05, 4.69) is 20.4 Å². The maximum Gasteiger partial charge on any atom is 0.155 e. The Kier molecular flexibility index (Phi) is 3.12. The van der Waals surface area contributed by atoms with Gasteiger partial charge in [-0.3, -0.25) is 4.68 Å². The fraction of sp³-hybridized carbons (Fsp3) is 0.583. The van der Waals surface area contributed by atoms with Gasteiger partial charge in [-0.2, -0.15) is 5.10 Å². The number of aryl methyl sites for hydroxylation is 2. The highest BCUT2D eigenvalue weighted by Crippen LogP contribution is 2.24. The predicted octanol–water partition coefficient (Wildman–Crippen LogP) is 0.754. The van der Waals surface area contributed by atoms with Crippen molar-refractivity contribution in [1.82, 2.24) is 19.7 Å². The standard InChI is InChI=1S/C12H17N5O2S/c1-3-17-11-10(8(2)16-17)13-7-14-12(11)15-9-4-5-20(18,19)6-9/h7,9H,3-6H2,1-2H3,(H,13,14,15)/t9-/m1/s1. The van der Waals surface area contributed by atoms with Crippen molar-refractivity contribution in [3.05, 3.63) is 12.0 Å². The molecule has 1 fully saturated rings. The lowest BCUT2D eigenvalue weighted by atomic mass is 10.2. The van der Waals surface area contributed by atoms with Gasteiger partial charge >= 0.3 is 0 Å². The van der Waals surface area contributed by atoms with Crippen LogP contribution in [0.25, 0.3) is 11.0 Å². The fourth-order valence-electron chi connectivity index (χ4n) is 2.60. The molecule has 1 saturated heterocycles. The summed E-state index contributed by atoms with van der Waals surface area (Å²) in [5, 5.41) is 7.66. The molecule has 20 heavy (non-hydrogen) atoms. The number of nitrogens with zero attached hydrogens (tertiary/aromatic N) is 4. The summed E-state index contributed by atoms with van der Waals surface area (Å²) in [5.74, 6) is 1.07. The van der Waals surface area contributed by atoms with Crippen molar-refractivity contribution < 1.29 is 8.42 Å². The first-order valence-corrected chi connectivity index (χ1v) is 8.47. The molecule has 1 atom stereocenters. The van der Waals surface area contributed by atoms with E-state index < -0.39 is 9.84 Å². The van der Waals surface area contributed by atoms with Gasteiger partial charge in [0.25, 0.3) is 0 Å². The molecule has 1 aliphatic rings. The van der Waals surface area contributed by atoms with Crippen LogP contribution in [-0.2, 0) is 16.4 Å². The summed E-state index contributed by atoms with van der Waals surface area (Å²) in [7, 11) is -2.91. The predicted molar refractivity (Wildman–Crippen MR) is 76.4 cm³/mol. The summed E-state index contributed by atoms with van der Waals surface area (Å²) in [6.07, 6.45) is 2.11. The van der Waals surface area contributed by atoms with Gasteiger partial charge in [-0.15, -0.1) is 0 Å². The Balaban J connectivity index is 2.00. The number of sulfone groups is 1. The summed E-state index contributed by atoms with van der Waals surface area (Å²) < 4.78 is 24.9. The Bertz CT molecular complexity index is 753. The zero-order valence-corrected chi connectivity index (χ0v) is 12.3. The van der Waals surface area contributed by atoms with Gasteiger partial charge in [0, 0.05) is 12.6 Å². The van der Waals surface area contributed by atoms with Crippen LogP contribution in [0.3, 0.4) is 0 Å². The first kappa shape index (κ1) is 13.3. The number of hydrogen-bond acceptors (Lipinski definition) is 6. The van der Waals surface area contributed by atoms with E-state index >= 15 is 0 Å². The van der Waals surface area contributed by atoms with Crippen molar-refractivity contribution in [1.29, 1.82) is 0 Å². The largest absolute Gasteiger partial charge is 0.364 e. The number of aromatic nitrogens is 4. The molecule has 2 aromatic heterocycles. The maximum absolute atomic E-state index is 11.5. The van der Waals surface area contributed by atoms with Crippen molar-refractivity contribution in [2.45, 2.75) is 32.9 Å². The maximum atomic E-state index is 11.5. The minimum absolute atomic E-state index is 0.0846. The first-order chi connectivity index (χ1) is 9.50. The Morgan fingerprint density at radius 3 is 2.90 bits per heavy atom. The van der Waals surface area contributed by atoms with E-state index in [4.69, 9.17) is 0 Å². The van der Waals surface area contributed by atoms with E-state index in [1.165, 1.54) is 6.33 Å². The van der Waals surface area contributed by atoms with Gasteiger partial charge in [0.2, 0.25) is 0 Å². The smallest absolute Gasteiger partial charge is 0.155 e. The molecular weight excluding hydrogens is 278 g/mol. The zero-order valence-electron chi connectivity index (χ0n) is 11.5. The van der Waals surface area contributed by atoms with Crippen molar-refractivity contribution >= 4 is 26.7 Å². The molecule has 108 valence electrons. The molecule has 1 aliphatic heterocycles. The van der Waals surface area contributed by atoms with E-state index in [1.54, 1.807) is 0 Å². The minimum Gasteiger partial charge on any atom is -0.364 e. The summed E-state index contributed by atoms with van der Waals surface area (Å²) in [6, 6.07) is -0.0846. The van der Waals surface area contributed by atoms with Gasteiger partial charge < -0.3 is 5.32 Å². The normalized spacial score (nSPS) is 21.4. The van der Waals surface area contributed by atoms with Crippen LogP contribution in [0.4, 0.5) is 5.82 Å². The van der Waals surface area contributed by atoms with Gasteiger partial charge in [-0.25, -0.2) is 18.4 Å². The molecule has 0 unspecified atom stereocenters. The van der Waals surface area contributed by atoms with Crippen LogP contribution in [0.1, 0.15) is 19.0 Å². The van der Waals surface area contributed by atoms with Gasteiger partial charge in [0.1, 0.15) is 17.4 Å². The second-order valence-electron chi connectivity index (χ2n) is 5.06. The lowest BCUT2D eigenvalue weighted by Crippen LogP contribution is -2.22. The van der Waals surface area contributed by atoms with Crippen LogP contribution < -0.4 is 5.32 Å². The molecule has 1 N–H and O–H groups in total. The Hall–Kier alpha value is -1.70. The number of fused-ring (bicyclic) bond motifs is 1. The number of hydrogen-bond donors (Lipinski definition) is 1. The summed E-state index contributed by atoms with van der Waals surface area (Å²) in [5.41, 5.74) is 2.51. The van der Waals surface area contributed by atoms with E-state index in [1.807, 2.05) is 18.5 Å². The molecule has 0 radical (unpaired) electrons. The quantitative estimate of drug-likeness (QED) is 0.899. The van der Waals surface area contributed by atoms with Crippen LogP contribution in [0.15, 0.2) is 6.33 Å². The van der Waals surface area contributed by atoms with Crippen molar-refractivity contribution in [3.63, 3.8) is 0 Å². The van der Waals surface area contributed by atoms with E-state index in [-0.39, 0.29) is 17.5 Å². The van der Waals surface area contributed by atoms with Gasteiger partial charge in [0.15, 0.2) is 15.7 Å². The van der Waals surface area contributed by atoms with E-state index in [9.17, 15) is 8.42 Å². The van der Waals surface area contributed by atoms with Crippen molar-refractivity contribution in [2.75, 3.05) is 16.8 Å². The van der Waals surface area contributed by atoms with Crippen LogP contribution in [0.2, 0.25) is 0 Å². The third kappa shape index (κ3) is 2.24. The third-order valence-corrected chi connectivity index (χ3v) is 5.33. The van der Waals surface area contributed by atoms with Crippen molar-refractivity contribution in [3.8, 4) is 0 Å². The highest BCUT2D eigenvalue weighted by atomic mass is 32.2. The van der Waals surface area contributed by atoms with Gasteiger partial charge in [-0.05, 0) is 20.3 Å². The second kappa shape index (κ2) is 4.69. The molecule has 0 bridgehead atoms. The topological polar surface area (TPSA) is 89.8 Å². The molecule has 8 heteroatoms. The second-order valence-corrected chi connectivity index (χ2v) is 7.29. The average molecular weight is 295 g/mol. The molecular formula is C12H17N5O2S. The Morgan fingerprint density at radius 1 is 1.45 bits per heavy atom.